The molecule has 1 atom stereocenters. The molecule has 1 heterocycles. The zero-order chi connectivity index (χ0) is 18.9. The summed E-state index contributed by atoms with van der Waals surface area (Å²) < 4.78 is 27.5. The van der Waals surface area contributed by atoms with E-state index in [0.29, 0.717) is 13.0 Å². The zero-order valence-corrected chi connectivity index (χ0v) is 16.0. The van der Waals surface area contributed by atoms with E-state index >= 15 is 0 Å². The van der Waals surface area contributed by atoms with Crippen LogP contribution in [0.1, 0.15) is 36.8 Å². The number of carbonyl (C=O) groups is 1. The Balaban J connectivity index is 1.56. The Hall–Kier alpha value is -2.18. The molecule has 2 aromatic carbocycles. The molecule has 1 N–H and O–H groups in total. The molecule has 0 spiro atoms. The Labute approximate surface area is 160 Å². The van der Waals surface area contributed by atoms with E-state index in [2.05, 4.69) is 11.4 Å². The van der Waals surface area contributed by atoms with Gasteiger partial charge >= 0.3 is 0 Å². The van der Waals surface area contributed by atoms with Gasteiger partial charge in [-0.3, -0.25) is 4.79 Å². The molecule has 1 aliphatic carbocycles. The zero-order valence-electron chi connectivity index (χ0n) is 15.2. The summed E-state index contributed by atoms with van der Waals surface area (Å²) in [6, 6.07) is 13.7. The van der Waals surface area contributed by atoms with Crippen LogP contribution in [0.5, 0.6) is 0 Å². The molecule has 1 amide bonds. The molecule has 2 aromatic rings. The molecule has 27 heavy (non-hydrogen) atoms. The largest absolute Gasteiger partial charge is 0.325 e. The van der Waals surface area contributed by atoms with Crippen LogP contribution in [0.4, 0.5) is 5.69 Å². The topological polar surface area (TPSA) is 66.5 Å². The van der Waals surface area contributed by atoms with Crippen molar-refractivity contribution < 1.29 is 13.2 Å². The van der Waals surface area contributed by atoms with Gasteiger partial charge in [-0.15, -0.1) is 0 Å². The molecule has 0 bridgehead atoms. The van der Waals surface area contributed by atoms with E-state index < -0.39 is 16.1 Å². The lowest BCUT2D eigenvalue weighted by molar-refractivity contribution is -0.120. The highest BCUT2D eigenvalue weighted by Crippen LogP contribution is 2.28. The Bertz CT molecular complexity index is 941. The molecule has 0 aromatic heterocycles. The average Bonchev–Trinajstić information content (AvgIpc) is 3.16. The minimum atomic E-state index is -3.69. The van der Waals surface area contributed by atoms with Gasteiger partial charge in [-0.1, -0.05) is 30.7 Å². The molecule has 6 heteroatoms. The summed E-state index contributed by atoms with van der Waals surface area (Å²) in [7, 11) is -3.69. The Morgan fingerprint density at radius 1 is 0.963 bits per heavy atom. The number of carbonyl (C=O) groups excluding carboxylic acids is 1. The second kappa shape index (κ2) is 7.44. The number of hydrogen-bond donors (Lipinski definition) is 1. The molecule has 0 radical (unpaired) electrons. The Morgan fingerprint density at radius 2 is 1.74 bits per heavy atom. The lowest BCUT2D eigenvalue weighted by atomic mass is 10.0. The molecule has 1 fully saturated rings. The Morgan fingerprint density at radius 3 is 2.56 bits per heavy atom. The molecule has 142 valence electrons. The van der Waals surface area contributed by atoms with Crippen LogP contribution in [0.2, 0.25) is 0 Å². The molecular formula is C21H24N2O3S. The number of rotatable bonds is 4. The van der Waals surface area contributed by atoms with Crippen molar-refractivity contribution in [2.75, 3.05) is 11.9 Å². The van der Waals surface area contributed by atoms with E-state index in [9.17, 15) is 13.2 Å². The number of anilines is 1. The van der Waals surface area contributed by atoms with Gasteiger partial charge in [0, 0.05) is 12.2 Å². The summed E-state index contributed by atoms with van der Waals surface area (Å²) >= 11 is 0. The van der Waals surface area contributed by atoms with Gasteiger partial charge in [0.2, 0.25) is 15.9 Å². The molecule has 5 nitrogen and oxygen atoms in total. The fourth-order valence-electron chi connectivity index (χ4n) is 4.06. The van der Waals surface area contributed by atoms with Crippen molar-refractivity contribution in [2.24, 2.45) is 0 Å². The second-order valence-corrected chi connectivity index (χ2v) is 9.16. The highest BCUT2D eigenvalue weighted by Gasteiger charge is 2.37. The molecule has 4 rings (SSSR count). The van der Waals surface area contributed by atoms with E-state index in [0.717, 1.165) is 37.8 Å². The van der Waals surface area contributed by atoms with Crippen LogP contribution in [-0.4, -0.2) is 31.2 Å². The third-order valence-corrected chi connectivity index (χ3v) is 7.39. The van der Waals surface area contributed by atoms with Crippen LogP contribution in [-0.2, 0) is 27.7 Å². The second-order valence-electron chi connectivity index (χ2n) is 7.27. The number of sulfonamides is 1. The van der Waals surface area contributed by atoms with Crippen molar-refractivity contribution >= 4 is 21.6 Å². The summed E-state index contributed by atoms with van der Waals surface area (Å²) in [4.78, 5) is 13.2. The number of fused-ring (bicyclic) bond motifs is 1. The summed E-state index contributed by atoms with van der Waals surface area (Å²) in [5, 5.41) is 2.95. The molecule has 1 saturated heterocycles. The predicted molar refractivity (Wildman–Crippen MR) is 105 cm³/mol. The maximum Gasteiger partial charge on any atom is 0.243 e. The van der Waals surface area contributed by atoms with Crippen LogP contribution >= 0.6 is 0 Å². The van der Waals surface area contributed by atoms with Crippen molar-refractivity contribution in [2.45, 2.75) is 49.5 Å². The van der Waals surface area contributed by atoms with Gasteiger partial charge in [-0.2, -0.15) is 4.31 Å². The van der Waals surface area contributed by atoms with E-state index in [1.165, 1.54) is 15.4 Å². The van der Waals surface area contributed by atoms with Crippen molar-refractivity contribution in [3.63, 3.8) is 0 Å². The van der Waals surface area contributed by atoms with Crippen molar-refractivity contribution in [3.05, 3.63) is 59.7 Å². The maximum absolute atomic E-state index is 13.1. The molecule has 0 saturated carbocycles. The fourth-order valence-corrected chi connectivity index (χ4v) is 5.74. The minimum absolute atomic E-state index is 0.238. The number of benzene rings is 2. The summed E-state index contributed by atoms with van der Waals surface area (Å²) in [6.45, 7) is 0.375. The van der Waals surface area contributed by atoms with Crippen LogP contribution < -0.4 is 5.32 Å². The first kappa shape index (κ1) is 18.2. The number of nitrogens with one attached hydrogen (secondary N) is 1. The van der Waals surface area contributed by atoms with E-state index in [1.54, 1.807) is 30.3 Å². The lowest BCUT2D eigenvalue weighted by Crippen LogP contribution is -2.49. The maximum atomic E-state index is 13.1. The fraction of sp³-hybridized carbons (Fsp3) is 0.381. The van der Waals surface area contributed by atoms with Gasteiger partial charge in [0.25, 0.3) is 0 Å². The lowest BCUT2D eigenvalue weighted by Gasteiger charge is -2.33. The van der Waals surface area contributed by atoms with Gasteiger partial charge in [0.15, 0.2) is 0 Å². The SMILES string of the molecule is O=C(Nc1ccc2c(c1)CCC2)C1CCCCN1S(=O)(=O)c1ccccc1. The van der Waals surface area contributed by atoms with Crippen molar-refractivity contribution in [1.82, 2.24) is 4.31 Å². The first-order valence-corrected chi connectivity index (χ1v) is 11.0. The number of nitrogens with zero attached hydrogens (tertiary/aromatic N) is 1. The normalized spacial score (nSPS) is 20.2. The van der Waals surface area contributed by atoms with Gasteiger partial charge in [0.05, 0.1) is 4.90 Å². The van der Waals surface area contributed by atoms with Crippen LogP contribution in [0.25, 0.3) is 0 Å². The van der Waals surface area contributed by atoms with Crippen LogP contribution in [0, 0.1) is 0 Å². The first-order valence-electron chi connectivity index (χ1n) is 9.55. The van der Waals surface area contributed by atoms with Crippen LogP contribution in [0.15, 0.2) is 53.4 Å². The summed E-state index contributed by atoms with van der Waals surface area (Å²) in [6.07, 6.45) is 5.45. The van der Waals surface area contributed by atoms with Crippen LogP contribution in [0.3, 0.4) is 0 Å². The molecular weight excluding hydrogens is 360 g/mol. The first-order chi connectivity index (χ1) is 13.1. The Kier molecular flexibility index (Phi) is 5.02. The summed E-state index contributed by atoms with van der Waals surface area (Å²) in [5.74, 6) is -0.243. The monoisotopic (exact) mass is 384 g/mol. The number of amides is 1. The highest BCUT2D eigenvalue weighted by atomic mass is 32.2. The number of hydrogen-bond acceptors (Lipinski definition) is 3. The quantitative estimate of drug-likeness (QED) is 0.879. The third kappa shape index (κ3) is 3.64. The summed E-state index contributed by atoms with van der Waals surface area (Å²) in [5.41, 5.74) is 3.38. The van der Waals surface area contributed by atoms with Crippen molar-refractivity contribution in [3.8, 4) is 0 Å². The smallest absolute Gasteiger partial charge is 0.243 e. The van der Waals surface area contributed by atoms with Gasteiger partial charge in [0.1, 0.15) is 6.04 Å². The number of aryl methyl sites for hydroxylation is 2. The van der Waals surface area contributed by atoms with Crippen molar-refractivity contribution in [1.29, 1.82) is 0 Å². The molecule has 1 unspecified atom stereocenters. The van der Waals surface area contributed by atoms with E-state index in [4.69, 9.17) is 0 Å². The minimum Gasteiger partial charge on any atom is -0.325 e. The third-order valence-electron chi connectivity index (χ3n) is 5.47. The van der Waals surface area contributed by atoms with Gasteiger partial charge < -0.3 is 5.32 Å². The molecule has 1 aliphatic heterocycles. The highest BCUT2D eigenvalue weighted by molar-refractivity contribution is 7.89. The van der Waals surface area contributed by atoms with E-state index in [1.807, 2.05) is 12.1 Å². The van der Waals surface area contributed by atoms with E-state index in [-0.39, 0.29) is 10.8 Å². The van der Waals surface area contributed by atoms with Gasteiger partial charge in [-0.25, -0.2) is 8.42 Å². The average molecular weight is 385 g/mol. The standard InChI is InChI=1S/C21H24N2O3S/c24-21(22-18-13-12-16-7-6-8-17(16)15-18)20-11-4-5-14-23(20)27(25,26)19-9-2-1-3-10-19/h1-3,9-10,12-13,15,20H,4-8,11,14H2,(H,22,24). The molecule has 2 aliphatic rings. The predicted octanol–water partition coefficient (Wildman–Crippen LogP) is 3.36. The number of piperidine rings is 1. The van der Waals surface area contributed by atoms with Gasteiger partial charge in [-0.05, 0) is 67.5 Å².